The summed E-state index contributed by atoms with van der Waals surface area (Å²) in [6.45, 7) is 2.37. The third-order valence-corrected chi connectivity index (χ3v) is 3.69. The predicted molar refractivity (Wildman–Crippen MR) is 88.8 cm³/mol. The maximum atomic E-state index is 13.5. The Kier molecular flexibility index (Phi) is 3.49. The van der Waals surface area contributed by atoms with Gasteiger partial charge in [-0.3, -0.25) is 9.67 Å². The zero-order valence-electron chi connectivity index (χ0n) is 13.0. The number of benzene rings is 1. The van der Waals surface area contributed by atoms with Crippen LogP contribution in [-0.4, -0.2) is 24.7 Å². The summed E-state index contributed by atoms with van der Waals surface area (Å²) in [5.74, 6) is -0.233. The molecule has 6 heteroatoms. The highest BCUT2D eigenvalue weighted by molar-refractivity contribution is 5.72. The van der Waals surface area contributed by atoms with Gasteiger partial charge in [0.15, 0.2) is 5.65 Å². The van der Waals surface area contributed by atoms with Gasteiger partial charge in [0.25, 0.3) is 0 Å². The normalized spacial score (nSPS) is 11.1. The highest BCUT2D eigenvalue weighted by Crippen LogP contribution is 2.18. The van der Waals surface area contributed by atoms with Crippen LogP contribution < -0.4 is 0 Å². The smallest absolute Gasteiger partial charge is 0.178 e. The Morgan fingerprint density at radius 1 is 1.12 bits per heavy atom. The number of rotatable bonds is 3. The van der Waals surface area contributed by atoms with E-state index in [2.05, 4.69) is 20.1 Å². The van der Waals surface area contributed by atoms with Crippen molar-refractivity contribution in [2.45, 2.75) is 13.5 Å². The van der Waals surface area contributed by atoms with Crippen molar-refractivity contribution in [1.82, 2.24) is 24.7 Å². The van der Waals surface area contributed by atoms with Crippen molar-refractivity contribution in [3.63, 3.8) is 0 Å². The quantitative estimate of drug-likeness (QED) is 0.581. The van der Waals surface area contributed by atoms with Gasteiger partial charge in [0.1, 0.15) is 11.3 Å². The van der Waals surface area contributed by atoms with Crippen molar-refractivity contribution in [3.05, 3.63) is 72.1 Å². The number of fused-ring (bicyclic) bond motifs is 1. The molecule has 3 heterocycles. The van der Waals surface area contributed by atoms with Crippen LogP contribution in [-0.2, 0) is 6.54 Å². The van der Waals surface area contributed by atoms with Crippen molar-refractivity contribution in [2.24, 2.45) is 0 Å². The Hall–Kier alpha value is -3.15. The van der Waals surface area contributed by atoms with E-state index in [4.69, 9.17) is 0 Å². The van der Waals surface area contributed by atoms with E-state index in [0.717, 1.165) is 22.2 Å². The molecular weight excluding hydrogens is 305 g/mol. The number of aromatic nitrogens is 5. The molecule has 0 radical (unpaired) electrons. The first kappa shape index (κ1) is 14.4. The molecule has 4 rings (SSSR count). The lowest BCUT2D eigenvalue weighted by atomic mass is 10.1. The van der Waals surface area contributed by atoms with E-state index >= 15 is 0 Å². The van der Waals surface area contributed by atoms with Crippen LogP contribution in [0.4, 0.5) is 4.39 Å². The molecule has 0 saturated carbocycles. The van der Waals surface area contributed by atoms with E-state index in [1.165, 1.54) is 12.1 Å². The monoisotopic (exact) mass is 319 g/mol. The van der Waals surface area contributed by atoms with Gasteiger partial charge in [0, 0.05) is 18.0 Å². The standard InChI is InChI=1S/C18H14FN5/c1-12-5-13(7-15(19)6-12)10-24-11-14(8-22-24)17-9-21-16-3-2-4-20-18(16)23-17/h2-9,11H,10H2,1H3. The molecule has 0 spiro atoms. The molecule has 0 amide bonds. The van der Waals surface area contributed by atoms with Crippen LogP contribution in [0.15, 0.2) is 55.1 Å². The van der Waals surface area contributed by atoms with Crippen molar-refractivity contribution in [2.75, 3.05) is 0 Å². The Labute approximate surface area is 137 Å². The lowest BCUT2D eigenvalue weighted by Crippen LogP contribution is -2.00. The number of aryl methyl sites for hydroxylation is 1. The predicted octanol–water partition coefficient (Wildman–Crippen LogP) is 3.38. The summed E-state index contributed by atoms with van der Waals surface area (Å²) in [6, 6.07) is 8.68. The summed E-state index contributed by atoms with van der Waals surface area (Å²) in [5, 5.41) is 4.33. The first-order chi connectivity index (χ1) is 11.7. The van der Waals surface area contributed by atoms with Crippen molar-refractivity contribution in [1.29, 1.82) is 0 Å². The summed E-state index contributed by atoms with van der Waals surface area (Å²) < 4.78 is 15.3. The van der Waals surface area contributed by atoms with Gasteiger partial charge in [-0.2, -0.15) is 5.10 Å². The van der Waals surface area contributed by atoms with Crippen LogP contribution in [0.1, 0.15) is 11.1 Å². The van der Waals surface area contributed by atoms with E-state index in [0.29, 0.717) is 17.9 Å². The molecule has 4 aromatic rings. The molecular formula is C18H14FN5. The zero-order chi connectivity index (χ0) is 16.5. The highest BCUT2D eigenvalue weighted by Gasteiger charge is 2.07. The Morgan fingerprint density at radius 3 is 2.92 bits per heavy atom. The minimum absolute atomic E-state index is 0.233. The third-order valence-electron chi connectivity index (χ3n) is 3.69. The molecule has 0 N–H and O–H groups in total. The number of nitrogens with zero attached hydrogens (tertiary/aromatic N) is 5. The molecule has 1 aromatic carbocycles. The summed E-state index contributed by atoms with van der Waals surface area (Å²) in [5.41, 5.74) is 4.68. The van der Waals surface area contributed by atoms with Crippen LogP contribution in [0.3, 0.4) is 0 Å². The second-order valence-electron chi connectivity index (χ2n) is 5.66. The second kappa shape index (κ2) is 5.81. The minimum Gasteiger partial charge on any atom is -0.268 e. The summed E-state index contributed by atoms with van der Waals surface area (Å²) >= 11 is 0. The van der Waals surface area contributed by atoms with Gasteiger partial charge in [-0.1, -0.05) is 6.07 Å². The SMILES string of the molecule is Cc1cc(F)cc(Cn2cc(-c3cnc4cccnc4n3)cn2)c1. The van der Waals surface area contributed by atoms with Crippen LogP contribution >= 0.6 is 0 Å². The number of hydrogen-bond acceptors (Lipinski definition) is 4. The lowest BCUT2D eigenvalue weighted by Gasteiger charge is -2.04. The molecule has 24 heavy (non-hydrogen) atoms. The summed E-state index contributed by atoms with van der Waals surface area (Å²) in [6.07, 6.45) is 7.00. The van der Waals surface area contributed by atoms with Gasteiger partial charge in [-0.25, -0.2) is 14.4 Å². The molecule has 118 valence electrons. The maximum Gasteiger partial charge on any atom is 0.178 e. The highest BCUT2D eigenvalue weighted by atomic mass is 19.1. The average molecular weight is 319 g/mol. The topological polar surface area (TPSA) is 56.5 Å². The fraction of sp³-hybridized carbons (Fsp3) is 0.111. The molecule has 0 aliphatic carbocycles. The van der Waals surface area contributed by atoms with Gasteiger partial charge >= 0.3 is 0 Å². The number of halogens is 1. The van der Waals surface area contributed by atoms with Crippen molar-refractivity contribution < 1.29 is 4.39 Å². The van der Waals surface area contributed by atoms with Gasteiger partial charge in [0.05, 0.1) is 24.6 Å². The van der Waals surface area contributed by atoms with Crippen LogP contribution in [0.2, 0.25) is 0 Å². The molecule has 3 aromatic heterocycles. The van der Waals surface area contributed by atoms with E-state index < -0.39 is 0 Å². The lowest BCUT2D eigenvalue weighted by molar-refractivity contribution is 0.618. The van der Waals surface area contributed by atoms with Gasteiger partial charge in [0.2, 0.25) is 0 Å². The fourth-order valence-electron chi connectivity index (χ4n) is 2.66. The van der Waals surface area contributed by atoms with E-state index in [1.54, 1.807) is 23.3 Å². The molecule has 0 aliphatic heterocycles. The first-order valence-electron chi connectivity index (χ1n) is 7.54. The van der Waals surface area contributed by atoms with E-state index in [9.17, 15) is 4.39 Å². The minimum atomic E-state index is -0.233. The van der Waals surface area contributed by atoms with Gasteiger partial charge in [-0.05, 0) is 42.3 Å². The van der Waals surface area contributed by atoms with Crippen LogP contribution in [0.5, 0.6) is 0 Å². The Balaban J connectivity index is 1.63. The number of pyridine rings is 1. The molecule has 5 nitrogen and oxygen atoms in total. The Bertz CT molecular complexity index is 1000. The van der Waals surface area contributed by atoms with Gasteiger partial charge < -0.3 is 0 Å². The molecule has 0 unspecified atom stereocenters. The van der Waals surface area contributed by atoms with E-state index in [-0.39, 0.29) is 5.82 Å². The zero-order valence-corrected chi connectivity index (χ0v) is 13.0. The molecule has 0 fully saturated rings. The molecule has 0 bridgehead atoms. The molecule has 0 atom stereocenters. The average Bonchev–Trinajstić information content (AvgIpc) is 3.02. The largest absolute Gasteiger partial charge is 0.268 e. The molecule has 0 saturated heterocycles. The Morgan fingerprint density at radius 2 is 2.04 bits per heavy atom. The maximum absolute atomic E-state index is 13.5. The third kappa shape index (κ3) is 2.86. The first-order valence-corrected chi connectivity index (χ1v) is 7.54. The van der Waals surface area contributed by atoms with Crippen molar-refractivity contribution >= 4 is 11.2 Å². The number of hydrogen-bond donors (Lipinski definition) is 0. The second-order valence-corrected chi connectivity index (χ2v) is 5.66. The van der Waals surface area contributed by atoms with Crippen LogP contribution in [0.25, 0.3) is 22.4 Å². The summed E-state index contributed by atoms with van der Waals surface area (Å²) in [7, 11) is 0. The van der Waals surface area contributed by atoms with Gasteiger partial charge in [-0.15, -0.1) is 0 Å². The van der Waals surface area contributed by atoms with Crippen LogP contribution in [0, 0.1) is 12.7 Å². The fourth-order valence-corrected chi connectivity index (χ4v) is 2.66. The molecule has 0 aliphatic rings. The summed E-state index contributed by atoms with van der Waals surface area (Å²) in [4.78, 5) is 13.1. The van der Waals surface area contributed by atoms with E-state index in [1.807, 2.05) is 31.3 Å². The van der Waals surface area contributed by atoms with Crippen molar-refractivity contribution in [3.8, 4) is 11.3 Å².